The van der Waals surface area contributed by atoms with Crippen molar-refractivity contribution >= 4 is 19.4 Å². The van der Waals surface area contributed by atoms with Gasteiger partial charge < -0.3 is 0 Å². The zero-order valence-electron chi connectivity index (χ0n) is 10.1. The molecule has 0 bridgehead atoms. The molecule has 0 spiro atoms. The van der Waals surface area contributed by atoms with E-state index in [2.05, 4.69) is 62.4 Å². The van der Waals surface area contributed by atoms with Crippen LogP contribution in [0.3, 0.4) is 0 Å². The Morgan fingerprint density at radius 3 is 1.12 bits per heavy atom. The van der Waals surface area contributed by atoms with E-state index in [1.165, 1.54) is 11.1 Å². The Hall–Kier alpha value is -0.0966. The molecule has 0 unspecified atom stereocenters. The molecule has 0 saturated heterocycles. The van der Waals surface area contributed by atoms with Crippen molar-refractivity contribution in [3.8, 4) is 0 Å². The van der Waals surface area contributed by atoms with E-state index in [9.17, 15) is 0 Å². The van der Waals surface area contributed by atoms with Gasteiger partial charge in [-0.15, -0.1) is 0 Å². The summed E-state index contributed by atoms with van der Waals surface area (Å²) in [5, 5.41) is 0. The van der Waals surface area contributed by atoms with Crippen molar-refractivity contribution in [1.29, 1.82) is 0 Å². The Bertz CT molecular complexity index is 291. The minimum absolute atomic E-state index is 0.346. The van der Waals surface area contributed by atoms with Crippen LogP contribution in [-0.4, -0.2) is 0 Å². The summed E-state index contributed by atoms with van der Waals surface area (Å²) in [7, 11) is 9.71. The topological polar surface area (TPSA) is 0 Å². The summed E-state index contributed by atoms with van der Waals surface area (Å²) >= 11 is -0.346. The number of halogens is 2. The van der Waals surface area contributed by atoms with E-state index >= 15 is 0 Å². The van der Waals surface area contributed by atoms with Crippen molar-refractivity contribution in [2.45, 2.75) is 26.7 Å². The van der Waals surface area contributed by atoms with Gasteiger partial charge in [-0.3, -0.25) is 0 Å². The molecular formula is C14H18Cl2Ru. The maximum atomic E-state index is 4.85. The van der Waals surface area contributed by atoms with Crippen molar-refractivity contribution in [1.82, 2.24) is 0 Å². The molecule has 3 heteroatoms. The van der Waals surface area contributed by atoms with Crippen LogP contribution in [0.25, 0.3) is 0 Å². The minimum atomic E-state index is -0.346. The van der Waals surface area contributed by atoms with Gasteiger partial charge in [0.25, 0.3) is 0 Å². The van der Waals surface area contributed by atoms with Gasteiger partial charge in [0.1, 0.15) is 0 Å². The van der Waals surface area contributed by atoms with E-state index in [1.54, 1.807) is 0 Å². The van der Waals surface area contributed by atoms with Gasteiger partial charge in [-0.1, -0.05) is 26.7 Å². The second kappa shape index (κ2) is 12.4. The van der Waals surface area contributed by atoms with Crippen LogP contribution in [0.2, 0.25) is 0 Å². The van der Waals surface area contributed by atoms with Crippen molar-refractivity contribution in [3.63, 3.8) is 0 Å². The van der Waals surface area contributed by atoms with Gasteiger partial charge in [0.05, 0.1) is 0 Å². The second-order valence-electron chi connectivity index (χ2n) is 3.34. The van der Waals surface area contributed by atoms with E-state index in [-0.39, 0.29) is 15.1 Å². The maximum absolute atomic E-state index is 4.85. The SMILES string of the molecule is CC[c-]1cccc1.CC[c-]1cccc1.[Cl][Ru+2][Cl]. The second-order valence-corrected chi connectivity index (χ2v) is 5.98. The third-order valence-electron chi connectivity index (χ3n) is 2.28. The molecule has 2 aromatic rings. The van der Waals surface area contributed by atoms with Crippen LogP contribution < -0.4 is 0 Å². The number of aryl methyl sites for hydroxylation is 2. The van der Waals surface area contributed by atoms with Gasteiger partial charge in [0.2, 0.25) is 0 Å². The quantitative estimate of drug-likeness (QED) is 0.504. The molecule has 2 aromatic carbocycles. The number of hydrogen-bond donors (Lipinski definition) is 0. The Morgan fingerprint density at radius 1 is 0.765 bits per heavy atom. The first-order valence-electron chi connectivity index (χ1n) is 5.54. The predicted molar refractivity (Wildman–Crippen MR) is 74.5 cm³/mol. The summed E-state index contributed by atoms with van der Waals surface area (Å²) in [6, 6.07) is 16.8. The molecular weight excluding hydrogens is 340 g/mol. The van der Waals surface area contributed by atoms with E-state index in [0.717, 1.165) is 12.8 Å². The van der Waals surface area contributed by atoms with E-state index in [1.807, 2.05) is 0 Å². The molecule has 0 aliphatic heterocycles. The molecule has 0 atom stereocenters. The van der Waals surface area contributed by atoms with Crippen LogP contribution in [0.5, 0.6) is 0 Å². The number of hydrogen-bond acceptors (Lipinski definition) is 0. The molecule has 0 heterocycles. The average Bonchev–Trinajstić information content (AvgIpc) is 3.04. The van der Waals surface area contributed by atoms with Crippen molar-refractivity contribution in [3.05, 3.63) is 59.7 Å². The Morgan fingerprint density at radius 2 is 1.00 bits per heavy atom. The van der Waals surface area contributed by atoms with Crippen molar-refractivity contribution in [2.24, 2.45) is 0 Å². The Balaban J connectivity index is 0.000000247. The third-order valence-corrected chi connectivity index (χ3v) is 2.28. The van der Waals surface area contributed by atoms with Gasteiger partial charge in [-0.2, -0.15) is 35.4 Å². The average molecular weight is 358 g/mol. The fraction of sp³-hybridized carbons (Fsp3) is 0.286. The first-order chi connectivity index (χ1) is 8.28. The summed E-state index contributed by atoms with van der Waals surface area (Å²) < 4.78 is 0. The third kappa shape index (κ3) is 9.59. The van der Waals surface area contributed by atoms with Crippen molar-refractivity contribution in [2.75, 3.05) is 0 Å². The molecule has 0 radical (unpaired) electrons. The molecule has 0 nitrogen and oxygen atoms in total. The van der Waals surface area contributed by atoms with Crippen molar-refractivity contribution < 1.29 is 15.1 Å². The van der Waals surface area contributed by atoms with Crippen LogP contribution in [0, 0.1) is 0 Å². The molecule has 2 rings (SSSR count). The van der Waals surface area contributed by atoms with Crippen LogP contribution >= 0.6 is 19.4 Å². The molecule has 0 amide bonds. The van der Waals surface area contributed by atoms with Crippen LogP contribution in [0.4, 0.5) is 0 Å². The molecule has 0 fully saturated rings. The summed E-state index contributed by atoms with van der Waals surface area (Å²) in [5.74, 6) is 0. The first-order valence-corrected chi connectivity index (χ1v) is 10.0. The number of rotatable bonds is 2. The normalized spacial score (nSPS) is 8.71. The van der Waals surface area contributed by atoms with Crippen LogP contribution in [0.15, 0.2) is 48.5 Å². The Kier molecular flexibility index (Phi) is 12.3. The van der Waals surface area contributed by atoms with Gasteiger partial charge in [-0.25, -0.2) is 24.3 Å². The molecule has 17 heavy (non-hydrogen) atoms. The van der Waals surface area contributed by atoms with E-state index in [4.69, 9.17) is 19.4 Å². The molecule has 0 aromatic heterocycles. The van der Waals surface area contributed by atoms with Gasteiger partial charge in [0.15, 0.2) is 0 Å². The Labute approximate surface area is 120 Å². The molecule has 0 saturated carbocycles. The standard InChI is InChI=1S/2C7H9.2ClH.Ru/c2*1-2-7-5-3-4-6-7;;;/h2*3-6H,2H2,1H3;2*1H;/q2*-1;;;+4/p-2. The van der Waals surface area contributed by atoms with E-state index < -0.39 is 0 Å². The van der Waals surface area contributed by atoms with Gasteiger partial charge in [0, 0.05) is 0 Å². The predicted octanol–water partition coefficient (Wildman–Crippen LogP) is 5.31. The zero-order valence-corrected chi connectivity index (χ0v) is 13.4. The summed E-state index contributed by atoms with van der Waals surface area (Å²) in [5.41, 5.74) is 2.86. The van der Waals surface area contributed by atoms with Crippen LogP contribution in [-0.2, 0) is 28.0 Å². The monoisotopic (exact) mass is 358 g/mol. The van der Waals surface area contributed by atoms with Gasteiger partial charge >= 0.3 is 34.5 Å². The fourth-order valence-corrected chi connectivity index (χ4v) is 1.30. The summed E-state index contributed by atoms with van der Waals surface area (Å²) in [4.78, 5) is 0. The molecule has 0 N–H and O–H groups in total. The van der Waals surface area contributed by atoms with E-state index in [0.29, 0.717) is 0 Å². The fourth-order valence-electron chi connectivity index (χ4n) is 1.30. The molecule has 0 aliphatic carbocycles. The zero-order chi connectivity index (χ0) is 12.9. The molecule has 96 valence electrons. The molecule has 0 aliphatic rings. The summed E-state index contributed by atoms with van der Waals surface area (Å²) in [6.45, 7) is 4.32. The first kappa shape index (κ1) is 16.9. The van der Waals surface area contributed by atoms with Gasteiger partial charge in [-0.05, 0) is 0 Å². The van der Waals surface area contributed by atoms with Crippen LogP contribution in [0.1, 0.15) is 25.0 Å². The summed E-state index contributed by atoms with van der Waals surface area (Å²) in [6.07, 6.45) is 2.32.